The first kappa shape index (κ1) is 13.4. The van der Waals surface area contributed by atoms with Crippen LogP contribution < -0.4 is 4.74 Å². The molecule has 98 valence electrons. The second-order valence-electron chi connectivity index (χ2n) is 4.53. The molecule has 1 saturated carbocycles. The van der Waals surface area contributed by atoms with Crippen LogP contribution >= 0.6 is 11.6 Å². The van der Waals surface area contributed by atoms with Crippen LogP contribution in [0.4, 0.5) is 0 Å². The van der Waals surface area contributed by atoms with E-state index in [4.69, 9.17) is 21.1 Å². The average molecular weight is 269 g/mol. The SMILES string of the molecule is COC1CCCC(Oc2cccc(Cl)c2C=O)C1. The largest absolute Gasteiger partial charge is 0.490 e. The van der Waals surface area contributed by atoms with Gasteiger partial charge in [0.05, 0.1) is 16.7 Å². The predicted molar refractivity (Wildman–Crippen MR) is 70.5 cm³/mol. The molecule has 0 N–H and O–H groups in total. The zero-order chi connectivity index (χ0) is 13.0. The van der Waals surface area contributed by atoms with Crippen molar-refractivity contribution >= 4 is 17.9 Å². The van der Waals surface area contributed by atoms with Crippen LogP contribution in [-0.4, -0.2) is 25.6 Å². The molecule has 0 saturated heterocycles. The summed E-state index contributed by atoms with van der Waals surface area (Å²) in [5.41, 5.74) is 0.429. The molecule has 1 aliphatic rings. The van der Waals surface area contributed by atoms with Crippen LogP contribution in [0.5, 0.6) is 5.75 Å². The van der Waals surface area contributed by atoms with E-state index in [-0.39, 0.29) is 12.2 Å². The summed E-state index contributed by atoms with van der Waals surface area (Å²) in [5.74, 6) is 0.569. The molecule has 2 rings (SSSR count). The van der Waals surface area contributed by atoms with Gasteiger partial charge in [-0.15, -0.1) is 0 Å². The molecule has 3 nitrogen and oxygen atoms in total. The van der Waals surface area contributed by atoms with Crippen LogP contribution in [0, 0.1) is 0 Å². The van der Waals surface area contributed by atoms with Crippen molar-refractivity contribution in [2.24, 2.45) is 0 Å². The Labute approximate surface area is 112 Å². The molecule has 1 fully saturated rings. The molecular formula is C14H17ClO3. The molecule has 0 amide bonds. The van der Waals surface area contributed by atoms with Crippen molar-refractivity contribution in [1.29, 1.82) is 0 Å². The van der Waals surface area contributed by atoms with Gasteiger partial charge in [0, 0.05) is 13.5 Å². The lowest BCUT2D eigenvalue weighted by molar-refractivity contribution is 0.0208. The summed E-state index contributed by atoms with van der Waals surface area (Å²) in [4.78, 5) is 11.0. The Morgan fingerprint density at radius 1 is 1.33 bits per heavy atom. The molecule has 0 radical (unpaired) electrons. The van der Waals surface area contributed by atoms with E-state index in [1.807, 2.05) is 0 Å². The number of methoxy groups -OCH3 is 1. The maximum atomic E-state index is 11.0. The number of ether oxygens (including phenoxy) is 2. The number of halogens is 1. The smallest absolute Gasteiger partial charge is 0.155 e. The molecule has 0 bridgehead atoms. The molecule has 0 heterocycles. The van der Waals surface area contributed by atoms with E-state index in [0.717, 1.165) is 32.0 Å². The second-order valence-corrected chi connectivity index (χ2v) is 4.94. The normalized spacial score (nSPS) is 23.7. The molecule has 4 heteroatoms. The fourth-order valence-corrected chi connectivity index (χ4v) is 2.55. The van der Waals surface area contributed by atoms with Crippen molar-refractivity contribution in [3.05, 3.63) is 28.8 Å². The van der Waals surface area contributed by atoms with Crippen molar-refractivity contribution in [3.63, 3.8) is 0 Å². The Hall–Kier alpha value is -1.06. The number of hydrogen-bond donors (Lipinski definition) is 0. The number of carbonyl (C=O) groups is 1. The minimum atomic E-state index is 0.0980. The lowest BCUT2D eigenvalue weighted by atomic mass is 9.95. The minimum absolute atomic E-state index is 0.0980. The van der Waals surface area contributed by atoms with Crippen LogP contribution in [0.2, 0.25) is 5.02 Å². The average Bonchev–Trinajstić information content (AvgIpc) is 2.39. The van der Waals surface area contributed by atoms with E-state index in [2.05, 4.69) is 0 Å². The summed E-state index contributed by atoms with van der Waals surface area (Å²) in [5, 5.41) is 0.432. The summed E-state index contributed by atoms with van der Waals surface area (Å²) >= 11 is 5.97. The summed E-state index contributed by atoms with van der Waals surface area (Å²) in [6.45, 7) is 0. The van der Waals surface area contributed by atoms with E-state index in [0.29, 0.717) is 16.3 Å². The molecule has 0 aromatic heterocycles. The van der Waals surface area contributed by atoms with Gasteiger partial charge in [-0.3, -0.25) is 4.79 Å². The minimum Gasteiger partial charge on any atom is -0.490 e. The Bertz CT molecular complexity index is 420. The third kappa shape index (κ3) is 3.03. The number of benzene rings is 1. The molecule has 1 aromatic carbocycles. The van der Waals surface area contributed by atoms with Gasteiger partial charge in [0.25, 0.3) is 0 Å². The Morgan fingerprint density at radius 2 is 2.11 bits per heavy atom. The van der Waals surface area contributed by atoms with E-state index < -0.39 is 0 Å². The Balaban J connectivity index is 2.09. The maximum Gasteiger partial charge on any atom is 0.155 e. The Morgan fingerprint density at radius 3 is 2.83 bits per heavy atom. The zero-order valence-corrected chi connectivity index (χ0v) is 11.2. The zero-order valence-electron chi connectivity index (χ0n) is 10.4. The first-order valence-electron chi connectivity index (χ1n) is 6.17. The summed E-state index contributed by atoms with van der Waals surface area (Å²) < 4.78 is 11.3. The lowest BCUT2D eigenvalue weighted by Crippen LogP contribution is -2.29. The van der Waals surface area contributed by atoms with Gasteiger partial charge in [-0.1, -0.05) is 17.7 Å². The van der Waals surface area contributed by atoms with Gasteiger partial charge < -0.3 is 9.47 Å². The highest BCUT2D eigenvalue weighted by atomic mass is 35.5. The first-order chi connectivity index (χ1) is 8.74. The van der Waals surface area contributed by atoms with Gasteiger partial charge in [-0.25, -0.2) is 0 Å². The highest BCUT2D eigenvalue weighted by Crippen LogP contribution is 2.29. The first-order valence-corrected chi connectivity index (χ1v) is 6.55. The van der Waals surface area contributed by atoms with Crippen molar-refractivity contribution < 1.29 is 14.3 Å². The fraction of sp³-hybridized carbons (Fsp3) is 0.500. The van der Waals surface area contributed by atoms with Gasteiger partial charge in [0.1, 0.15) is 11.9 Å². The third-order valence-electron chi connectivity index (χ3n) is 3.34. The summed E-state index contributed by atoms with van der Waals surface area (Å²) in [6.07, 6.45) is 5.11. The third-order valence-corrected chi connectivity index (χ3v) is 3.67. The van der Waals surface area contributed by atoms with E-state index in [9.17, 15) is 4.79 Å². The molecule has 18 heavy (non-hydrogen) atoms. The predicted octanol–water partition coefficient (Wildman–Crippen LogP) is 3.49. The second kappa shape index (κ2) is 6.21. The quantitative estimate of drug-likeness (QED) is 0.784. The topological polar surface area (TPSA) is 35.5 Å². The van der Waals surface area contributed by atoms with E-state index in [1.165, 1.54) is 0 Å². The van der Waals surface area contributed by atoms with Gasteiger partial charge in [0.2, 0.25) is 0 Å². The number of rotatable bonds is 4. The van der Waals surface area contributed by atoms with Gasteiger partial charge >= 0.3 is 0 Å². The fourth-order valence-electron chi connectivity index (χ4n) is 2.34. The van der Waals surface area contributed by atoms with Crippen molar-refractivity contribution in [2.75, 3.05) is 7.11 Å². The van der Waals surface area contributed by atoms with Crippen LogP contribution in [0.25, 0.3) is 0 Å². The summed E-state index contributed by atoms with van der Waals surface area (Å²) in [6, 6.07) is 5.27. The molecule has 2 unspecified atom stereocenters. The highest BCUT2D eigenvalue weighted by Gasteiger charge is 2.24. The summed E-state index contributed by atoms with van der Waals surface area (Å²) in [7, 11) is 1.73. The Kier molecular flexibility index (Phi) is 4.61. The van der Waals surface area contributed by atoms with Crippen LogP contribution in [0.15, 0.2) is 18.2 Å². The molecular weight excluding hydrogens is 252 g/mol. The number of hydrogen-bond acceptors (Lipinski definition) is 3. The van der Waals surface area contributed by atoms with Crippen LogP contribution in [0.1, 0.15) is 36.0 Å². The van der Waals surface area contributed by atoms with Crippen LogP contribution in [0.3, 0.4) is 0 Å². The van der Waals surface area contributed by atoms with Crippen LogP contribution in [-0.2, 0) is 4.74 Å². The van der Waals surface area contributed by atoms with E-state index in [1.54, 1.807) is 25.3 Å². The standard InChI is InChI=1S/C14H17ClO3/c1-17-10-4-2-5-11(8-10)18-14-7-3-6-13(15)12(14)9-16/h3,6-7,9-11H,2,4-5,8H2,1H3. The molecule has 0 spiro atoms. The van der Waals surface area contributed by atoms with Crippen molar-refractivity contribution in [1.82, 2.24) is 0 Å². The van der Waals surface area contributed by atoms with Crippen molar-refractivity contribution in [2.45, 2.75) is 37.9 Å². The number of carbonyl (C=O) groups excluding carboxylic acids is 1. The van der Waals surface area contributed by atoms with Gasteiger partial charge in [-0.05, 0) is 31.4 Å². The lowest BCUT2D eigenvalue weighted by Gasteiger charge is -2.29. The molecule has 0 aliphatic heterocycles. The van der Waals surface area contributed by atoms with Gasteiger partial charge in [-0.2, -0.15) is 0 Å². The molecule has 1 aromatic rings. The monoisotopic (exact) mass is 268 g/mol. The maximum absolute atomic E-state index is 11.0. The molecule has 1 aliphatic carbocycles. The highest BCUT2D eigenvalue weighted by molar-refractivity contribution is 6.33. The van der Waals surface area contributed by atoms with E-state index >= 15 is 0 Å². The number of aldehydes is 1. The van der Waals surface area contributed by atoms with Gasteiger partial charge in [0.15, 0.2) is 6.29 Å². The van der Waals surface area contributed by atoms with Crippen molar-refractivity contribution in [3.8, 4) is 5.75 Å². The molecule has 2 atom stereocenters.